The van der Waals surface area contributed by atoms with Crippen LogP contribution in [0, 0.1) is 0 Å². The fraction of sp³-hybridized carbons (Fsp3) is 0.704. The Hall–Kier alpha value is -3.81. The second-order valence-corrected chi connectivity index (χ2v) is 23.6. The number of aliphatic hydroxyl groups excluding tert-OH is 11. The van der Waals surface area contributed by atoms with E-state index in [1.165, 1.54) is 38.5 Å². The van der Waals surface area contributed by atoms with Crippen LogP contribution < -0.4 is 5.32 Å². The van der Waals surface area contributed by atoms with Gasteiger partial charge in [0.1, 0.15) is 73.2 Å². The summed E-state index contributed by atoms with van der Waals surface area (Å²) in [5.41, 5.74) is 0. The molecule has 90 heavy (non-hydrogen) atoms. The number of carbonyl (C=O) groups excluding carboxylic acids is 1. The molecule has 0 aromatic rings. The Morgan fingerprint density at radius 2 is 0.767 bits per heavy atom. The molecule has 3 fully saturated rings. The summed E-state index contributed by atoms with van der Waals surface area (Å²) >= 11 is 0. The Bertz CT molecular complexity index is 2100. The molecule has 3 aliphatic heterocycles. The van der Waals surface area contributed by atoms with Gasteiger partial charge in [0.05, 0.1) is 38.6 Å². The van der Waals surface area contributed by atoms with Crippen LogP contribution in [0.2, 0.25) is 0 Å². The van der Waals surface area contributed by atoms with E-state index in [0.717, 1.165) is 109 Å². The number of hydrogen-bond acceptors (Lipinski definition) is 18. The summed E-state index contributed by atoms with van der Waals surface area (Å²) in [6, 6.07) is -0.908. The van der Waals surface area contributed by atoms with Gasteiger partial charge in [0.15, 0.2) is 18.9 Å². The number of allylic oxidation sites excluding steroid dienone is 20. The van der Waals surface area contributed by atoms with Crippen LogP contribution in [0.4, 0.5) is 0 Å². The minimum atomic E-state index is -1.98. The molecule has 514 valence electrons. The van der Waals surface area contributed by atoms with E-state index in [0.29, 0.717) is 19.3 Å². The average molecular weight is 1270 g/mol. The SMILES string of the molecule is CC/C=C\C/C=C\C/C=C\C/C=C\C/C=C\C/C=C\C/C=C\C/C=C\C/C=C\C/C=C\CCCCCCC(=O)NC(COC1OC(CO)C(OC2OC(CO)C(OC3OC(CO)C(O)C(O)C3O)C(O)C2O)C(O)C1O)C(O)CCCCCCCCCCCC. The first kappa shape index (κ1) is 80.4. The molecule has 3 rings (SSSR count). The number of rotatable bonds is 49. The molecule has 0 saturated carbocycles. The van der Waals surface area contributed by atoms with Crippen LogP contribution in [0.1, 0.15) is 187 Å². The number of unbranched alkanes of at least 4 members (excludes halogenated alkanes) is 13. The molecule has 0 spiro atoms. The van der Waals surface area contributed by atoms with Crippen LogP contribution in [0.5, 0.6) is 0 Å². The predicted octanol–water partition coefficient (Wildman–Crippen LogP) is 8.43. The van der Waals surface area contributed by atoms with Gasteiger partial charge in [-0.2, -0.15) is 0 Å². The van der Waals surface area contributed by atoms with Crippen molar-refractivity contribution >= 4 is 5.91 Å². The molecule has 0 radical (unpaired) electrons. The quantitative estimate of drug-likeness (QED) is 0.0201. The lowest BCUT2D eigenvalue weighted by atomic mass is 9.96. The molecule has 17 unspecified atom stereocenters. The van der Waals surface area contributed by atoms with Crippen molar-refractivity contribution in [3.05, 3.63) is 122 Å². The van der Waals surface area contributed by atoms with Crippen LogP contribution >= 0.6 is 0 Å². The summed E-state index contributed by atoms with van der Waals surface area (Å²) in [7, 11) is 0. The minimum Gasteiger partial charge on any atom is -0.394 e. The van der Waals surface area contributed by atoms with Gasteiger partial charge in [-0.15, -0.1) is 0 Å². The second-order valence-electron chi connectivity index (χ2n) is 23.6. The summed E-state index contributed by atoms with van der Waals surface area (Å²) in [6.07, 6.45) is 43.0. The second kappa shape index (κ2) is 51.6. The molecule has 0 aromatic heterocycles. The summed E-state index contributed by atoms with van der Waals surface area (Å²) in [5, 5.41) is 120. The van der Waals surface area contributed by atoms with Crippen molar-refractivity contribution in [1.29, 1.82) is 0 Å². The maximum Gasteiger partial charge on any atom is 0.220 e. The van der Waals surface area contributed by atoms with E-state index in [-0.39, 0.29) is 18.9 Å². The van der Waals surface area contributed by atoms with Gasteiger partial charge in [-0.05, 0) is 89.9 Å². The summed E-state index contributed by atoms with van der Waals surface area (Å²) < 4.78 is 34.3. The maximum atomic E-state index is 13.4. The van der Waals surface area contributed by atoms with Gasteiger partial charge in [0, 0.05) is 6.42 Å². The first-order chi connectivity index (χ1) is 43.8. The molecule has 19 heteroatoms. The Morgan fingerprint density at radius 1 is 0.411 bits per heavy atom. The van der Waals surface area contributed by atoms with E-state index in [1.54, 1.807) is 0 Å². The highest BCUT2D eigenvalue weighted by atomic mass is 16.8. The number of carbonyl (C=O) groups is 1. The monoisotopic (exact) mass is 1270 g/mol. The lowest BCUT2D eigenvalue weighted by Gasteiger charge is -2.48. The third-order valence-electron chi connectivity index (χ3n) is 16.1. The highest BCUT2D eigenvalue weighted by Crippen LogP contribution is 2.33. The highest BCUT2D eigenvalue weighted by molar-refractivity contribution is 5.76. The van der Waals surface area contributed by atoms with E-state index in [4.69, 9.17) is 28.4 Å². The minimum absolute atomic E-state index is 0.228. The molecule has 1 amide bonds. The van der Waals surface area contributed by atoms with Crippen LogP contribution in [-0.4, -0.2) is 193 Å². The molecule has 0 bridgehead atoms. The fourth-order valence-corrected chi connectivity index (χ4v) is 10.6. The van der Waals surface area contributed by atoms with E-state index < -0.39 is 124 Å². The molecule has 3 saturated heterocycles. The Morgan fingerprint density at radius 3 is 1.20 bits per heavy atom. The fourth-order valence-electron chi connectivity index (χ4n) is 10.6. The van der Waals surface area contributed by atoms with Gasteiger partial charge in [0.25, 0.3) is 0 Å². The zero-order valence-electron chi connectivity index (χ0n) is 54.1. The van der Waals surface area contributed by atoms with E-state index in [2.05, 4.69) is 141 Å². The van der Waals surface area contributed by atoms with E-state index in [1.807, 2.05) is 0 Å². The zero-order valence-corrected chi connectivity index (χ0v) is 54.1. The van der Waals surface area contributed by atoms with Crippen LogP contribution in [-0.2, 0) is 33.2 Å². The number of aliphatic hydroxyl groups is 11. The van der Waals surface area contributed by atoms with Gasteiger partial charge in [-0.3, -0.25) is 4.79 Å². The van der Waals surface area contributed by atoms with Gasteiger partial charge in [-0.1, -0.05) is 212 Å². The standard InChI is InChI=1S/C71H117NO18/c1-3-5-7-9-11-13-15-16-17-18-19-20-21-22-23-24-25-26-27-28-29-30-31-32-33-34-35-36-37-38-39-41-43-45-47-49-59(77)72-54(55(76)48-46-44-42-40-14-12-10-8-6-4-2)53-85-69-65(83)62(80)67(57(51-74)87-69)90-71-66(84)63(81)68(58(52-75)88-71)89-70-64(82)61(79)60(78)56(50-73)86-70/h5,7,11,13,16-17,19-20,22-23,25-26,28-29,31-32,34-35,37-38,54-58,60-71,73-76,78-84H,3-4,6,8-10,12,14-15,18,21,24,27,30,33,36,39-53H2,1-2H3,(H,72,77)/b7-5-,13-11-,17-16-,20-19-,23-22-,26-25-,29-28-,32-31-,35-34-,38-37-. The first-order valence-corrected chi connectivity index (χ1v) is 33.8. The molecule has 19 nitrogen and oxygen atoms in total. The lowest BCUT2D eigenvalue weighted by molar-refractivity contribution is -0.379. The third kappa shape index (κ3) is 33.3. The normalized spacial score (nSPS) is 28.8. The Labute approximate surface area is 538 Å². The summed E-state index contributed by atoms with van der Waals surface area (Å²) in [6.45, 7) is 1.60. The van der Waals surface area contributed by atoms with Gasteiger partial charge < -0.3 is 89.9 Å². The maximum absolute atomic E-state index is 13.4. The average Bonchev–Trinajstić information content (AvgIpc) is 1.08. The largest absolute Gasteiger partial charge is 0.394 e. The molecular formula is C71H117NO18. The Balaban J connectivity index is 1.37. The van der Waals surface area contributed by atoms with Gasteiger partial charge in [0.2, 0.25) is 5.91 Å². The summed E-state index contributed by atoms with van der Waals surface area (Å²) in [4.78, 5) is 13.4. The molecule has 12 N–H and O–H groups in total. The molecule has 17 atom stereocenters. The van der Waals surface area contributed by atoms with Crippen molar-refractivity contribution < 1.29 is 89.4 Å². The smallest absolute Gasteiger partial charge is 0.220 e. The molecular weight excluding hydrogens is 1150 g/mol. The molecule has 0 aromatic carbocycles. The predicted molar refractivity (Wildman–Crippen MR) is 350 cm³/mol. The Kier molecular flexibility index (Phi) is 46.1. The van der Waals surface area contributed by atoms with Crippen molar-refractivity contribution in [2.45, 2.75) is 291 Å². The topological polar surface area (TPSA) is 307 Å². The van der Waals surface area contributed by atoms with Gasteiger partial charge >= 0.3 is 0 Å². The van der Waals surface area contributed by atoms with Crippen LogP contribution in [0.25, 0.3) is 0 Å². The van der Waals surface area contributed by atoms with Crippen molar-refractivity contribution in [1.82, 2.24) is 5.32 Å². The molecule has 0 aliphatic carbocycles. The van der Waals surface area contributed by atoms with Crippen molar-refractivity contribution in [3.63, 3.8) is 0 Å². The van der Waals surface area contributed by atoms with Gasteiger partial charge in [-0.25, -0.2) is 0 Å². The summed E-state index contributed by atoms with van der Waals surface area (Å²) in [5.74, 6) is -0.275. The zero-order chi connectivity index (χ0) is 65.4. The van der Waals surface area contributed by atoms with Crippen molar-refractivity contribution in [3.8, 4) is 0 Å². The molecule has 3 aliphatic rings. The van der Waals surface area contributed by atoms with Crippen LogP contribution in [0.15, 0.2) is 122 Å². The van der Waals surface area contributed by atoms with Crippen molar-refractivity contribution in [2.24, 2.45) is 0 Å². The van der Waals surface area contributed by atoms with Crippen molar-refractivity contribution in [2.75, 3.05) is 26.4 Å². The highest BCUT2D eigenvalue weighted by Gasteiger charge is 2.53. The molecule has 3 heterocycles. The van der Waals surface area contributed by atoms with Crippen LogP contribution in [0.3, 0.4) is 0 Å². The van der Waals surface area contributed by atoms with E-state index in [9.17, 15) is 61.0 Å². The third-order valence-corrected chi connectivity index (χ3v) is 16.1. The van der Waals surface area contributed by atoms with E-state index >= 15 is 0 Å². The number of hydrogen-bond donors (Lipinski definition) is 12. The number of nitrogens with one attached hydrogen (secondary N) is 1. The number of amides is 1. The lowest BCUT2D eigenvalue weighted by Crippen LogP contribution is -2.66. The number of ether oxygens (including phenoxy) is 6. The first-order valence-electron chi connectivity index (χ1n) is 33.8.